The Morgan fingerprint density at radius 1 is 1.62 bits per heavy atom. The molecule has 1 saturated heterocycles. The van der Waals surface area contributed by atoms with E-state index in [2.05, 4.69) is 19.2 Å². The highest BCUT2D eigenvalue weighted by Crippen LogP contribution is 2.26. The highest BCUT2D eigenvalue weighted by atomic mass is 16.1. The Morgan fingerprint density at radius 3 is 2.77 bits per heavy atom. The van der Waals surface area contributed by atoms with Gasteiger partial charge in [0.2, 0.25) is 5.91 Å². The molecule has 0 aromatic heterocycles. The van der Waals surface area contributed by atoms with Crippen molar-refractivity contribution in [2.45, 2.75) is 26.7 Å². The predicted octanol–water partition coefficient (Wildman–Crippen LogP) is 0.743. The lowest BCUT2D eigenvalue weighted by molar-refractivity contribution is -0.129. The third kappa shape index (κ3) is 2.44. The maximum absolute atomic E-state index is 11.5. The first-order chi connectivity index (χ1) is 6.16. The number of amides is 1. The van der Waals surface area contributed by atoms with Gasteiger partial charge in [0, 0.05) is 12.5 Å². The van der Waals surface area contributed by atoms with E-state index in [9.17, 15) is 4.79 Å². The van der Waals surface area contributed by atoms with Crippen molar-refractivity contribution in [1.29, 1.82) is 0 Å². The van der Waals surface area contributed by atoms with Crippen molar-refractivity contribution < 1.29 is 4.79 Å². The minimum atomic E-state index is 0.152. The first-order valence-corrected chi connectivity index (χ1v) is 5.14. The lowest BCUT2D eigenvalue weighted by Crippen LogP contribution is -2.43. The molecule has 3 N–H and O–H groups in total. The summed E-state index contributed by atoms with van der Waals surface area (Å²) >= 11 is 0. The molecule has 0 aromatic rings. The second-order valence-electron chi connectivity index (χ2n) is 4.18. The molecule has 0 aromatic carbocycles. The largest absolute Gasteiger partial charge is 0.356 e. The summed E-state index contributed by atoms with van der Waals surface area (Å²) in [5, 5.41) is 2.91. The molecule has 76 valence electrons. The van der Waals surface area contributed by atoms with Gasteiger partial charge < -0.3 is 11.1 Å². The van der Waals surface area contributed by atoms with Crippen LogP contribution in [-0.4, -0.2) is 19.0 Å². The second kappa shape index (κ2) is 4.61. The Bertz CT molecular complexity index is 180. The number of carbonyl (C=O) groups excluding carboxylic acids is 1. The highest BCUT2D eigenvalue weighted by molar-refractivity contribution is 5.79. The van der Waals surface area contributed by atoms with Crippen LogP contribution in [0, 0.1) is 17.8 Å². The smallest absolute Gasteiger partial charge is 0.223 e. The fourth-order valence-corrected chi connectivity index (χ4v) is 2.11. The molecule has 0 bridgehead atoms. The molecule has 0 saturated carbocycles. The molecule has 1 heterocycles. The van der Waals surface area contributed by atoms with Gasteiger partial charge in [0.05, 0.1) is 0 Å². The molecule has 3 nitrogen and oxygen atoms in total. The molecule has 0 radical (unpaired) electrons. The van der Waals surface area contributed by atoms with Crippen LogP contribution in [0.5, 0.6) is 0 Å². The van der Waals surface area contributed by atoms with Gasteiger partial charge in [0.1, 0.15) is 0 Å². The predicted molar refractivity (Wildman–Crippen MR) is 53.1 cm³/mol. The summed E-state index contributed by atoms with van der Waals surface area (Å²) in [6, 6.07) is 0. The van der Waals surface area contributed by atoms with Gasteiger partial charge >= 0.3 is 0 Å². The van der Waals surface area contributed by atoms with Crippen LogP contribution in [-0.2, 0) is 4.79 Å². The highest BCUT2D eigenvalue weighted by Gasteiger charge is 2.30. The lowest BCUT2D eigenvalue weighted by Gasteiger charge is -2.31. The van der Waals surface area contributed by atoms with E-state index in [1.165, 1.54) is 0 Å². The minimum Gasteiger partial charge on any atom is -0.356 e. The van der Waals surface area contributed by atoms with Crippen molar-refractivity contribution in [3.05, 3.63) is 0 Å². The zero-order valence-electron chi connectivity index (χ0n) is 8.55. The van der Waals surface area contributed by atoms with Gasteiger partial charge in [-0.2, -0.15) is 0 Å². The van der Waals surface area contributed by atoms with E-state index in [0.717, 1.165) is 19.4 Å². The maximum Gasteiger partial charge on any atom is 0.223 e. The molecular formula is C10H20N2O. The van der Waals surface area contributed by atoms with Crippen LogP contribution in [0.15, 0.2) is 0 Å². The van der Waals surface area contributed by atoms with Crippen molar-refractivity contribution in [2.75, 3.05) is 13.1 Å². The van der Waals surface area contributed by atoms with E-state index in [1.807, 2.05) is 0 Å². The summed E-state index contributed by atoms with van der Waals surface area (Å²) in [4.78, 5) is 11.5. The Hall–Kier alpha value is -0.570. The summed E-state index contributed by atoms with van der Waals surface area (Å²) in [7, 11) is 0. The average Bonchev–Trinajstić information content (AvgIpc) is 2.09. The van der Waals surface area contributed by atoms with Crippen LogP contribution in [0.4, 0.5) is 0 Å². The number of nitrogens with one attached hydrogen (secondary N) is 1. The van der Waals surface area contributed by atoms with Crippen molar-refractivity contribution in [3.8, 4) is 0 Å². The molecule has 0 spiro atoms. The standard InChI is InChI=1S/C10H20N2O/c1-7(2)9(6-11)8-4-3-5-12-10(8)13/h7-9H,3-6,11H2,1-2H3,(H,12,13). The van der Waals surface area contributed by atoms with E-state index in [1.54, 1.807) is 0 Å². The van der Waals surface area contributed by atoms with Gasteiger partial charge in [0.15, 0.2) is 0 Å². The molecule has 1 amide bonds. The number of rotatable bonds is 3. The minimum absolute atomic E-state index is 0.152. The summed E-state index contributed by atoms with van der Waals surface area (Å²) in [5.41, 5.74) is 5.69. The molecule has 1 aliphatic rings. The molecule has 2 unspecified atom stereocenters. The summed E-state index contributed by atoms with van der Waals surface area (Å²) in [6.45, 7) is 5.74. The molecule has 3 heteroatoms. The Morgan fingerprint density at radius 2 is 2.31 bits per heavy atom. The topological polar surface area (TPSA) is 55.1 Å². The van der Waals surface area contributed by atoms with Crippen molar-refractivity contribution >= 4 is 5.91 Å². The molecule has 1 fully saturated rings. The van der Waals surface area contributed by atoms with E-state index < -0.39 is 0 Å². The fourth-order valence-electron chi connectivity index (χ4n) is 2.11. The van der Waals surface area contributed by atoms with Crippen LogP contribution in [0.1, 0.15) is 26.7 Å². The van der Waals surface area contributed by atoms with Gasteiger partial charge in [-0.1, -0.05) is 13.8 Å². The summed E-state index contributed by atoms with van der Waals surface area (Å²) < 4.78 is 0. The van der Waals surface area contributed by atoms with Crippen LogP contribution >= 0.6 is 0 Å². The second-order valence-corrected chi connectivity index (χ2v) is 4.18. The van der Waals surface area contributed by atoms with Gasteiger partial charge in [0.25, 0.3) is 0 Å². The summed E-state index contributed by atoms with van der Waals surface area (Å²) in [6.07, 6.45) is 2.10. The third-order valence-electron chi connectivity index (χ3n) is 2.97. The van der Waals surface area contributed by atoms with Gasteiger partial charge in [-0.3, -0.25) is 4.79 Å². The molecule has 1 rings (SSSR count). The maximum atomic E-state index is 11.5. The molecule has 1 aliphatic heterocycles. The van der Waals surface area contributed by atoms with Crippen LogP contribution in [0.2, 0.25) is 0 Å². The Balaban J connectivity index is 2.60. The fraction of sp³-hybridized carbons (Fsp3) is 0.900. The average molecular weight is 184 g/mol. The normalized spacial score (nSPS) is 25.8. The number of hydrogen-bond donors (Lipinski definition) is 2. The summed E-state index contributed by atoms with van der Waals surface area (Å²) in [5.74, 6) is 1.20. The zero-order valence-corrected chi connectivity index (χ0v) is 8.55. The molecule has 0 aliphatic carbocycles. The number of carbonyl (C=O) groups is 1. The lowest BCUT2D eigenvalue weighted by atomic mass is 9.79. The first kappa shape index (κ1) is 10.5. The Kier molecular flexibility index (Phi) is 3.72. The molecular weight excluding hydrogens is 164 g/mol. The SMILES string of the molecule is CC(C)C(CN)C1CCCNC1=O. The van der Waals surface area contributed by atoms with Gasteiger partial charge in [-0.25, -0.2) is 0 Å². The van der Waals surface area contributed by atoms with E-state index in [4.69, 9.17) is 5.73 Å². The number of nitrogens with two attached hydrogens (primary N) is 1. The van der Waals surface area contributed by atoms with Crippen LogP contribution in [0.3, 0.4) is 0 Å². The molecule has 13 heavy (non-hydrogen) atoms. The quantitative estimate of drug-likeness (QED) is 0.680. The van der Waals surface area contributed by atoms with Gasteiger partial charge in [-0.15, -0.1) is 0 Å². The number of hydrogen-bond acceptors (Lipinski definition) is 2. The first-order valence-electron chi connectivity index (χ1n) is 5.14. The van der Waals surface area contributed by atoms with Crippen LogP contribution in [0.25, 0.3) is 0 Å². The Labute approximate surface area is 80.1 Å². The van der Waals surface area contributed by atoms with Crippen molar-refractivity contribution in [3.63, 3.8) is 0 Å². The monoisotopic (exact) mass is 184 g/mol. The van der Waals surface area contributed by atoms with Crippen molar-refractivity contribution in [1.82, 2.24) is 5.32 Å². The van der Waals surface area contributed by atoms with Gasteiger partial charge in [-0.05, 0) is 31.2 Å². The van der Waals surface area contributed by atoms with Crippen LogP contribution < -0.4 is 11.1 Å². The van der Waals surface area contributed by atoms with E-state index >= 15 is 0 Å². The number of piperidine rings is 1. The zero-order chi connectivity index (χ0) is 9.84. The van der Waals surface area contributed by atoms with Crippen molar-refractivity contribution in [2.24, 2.45) is 23.5 Å². The third-order valence-corrected chi connectivity index (χ3v) is 2.97. The molecule has 2 atom stereocenters. The van der Waals surface area contributed by atoms with E-state index in [-0.39, 0.29) is 11.8 Å². The van der Waals surface area contributed by atoms with E-state index in [0.29, 0.717) is 18.4 Å².